The number of aliphatic hydroxyl groups is 1. The Hall–Kier alpha value is -2.22. The van der Waals surface area contributed by atoms with Crippen molar-refractivity contribution in [2.75, 3.05) is 32.8 Å². The van der Waals surface area contributed by atoms with E-state index >= 15 is 0 Å². The fourth-order valence-corrected chi connectivity index (χ4v) is 3.79. The van der Waals surface area contributed by atoms with E-state index in [4.69, 9.17) is 4.74 Å². The molecule has 0 saturated carbocycles. The van der Waals surface area contributed by atoms with Gasteiger partial charge in [-0.2, -0.15) is 5.10 Å². The van der Waals surface area contributed by atoms with Crippen molar-refractivity contribution in [2.45, 2.75) is 39.4 Å². The van der Waals surface area contributed by atoms with Crippen LogP contribution >= 0.6 is 0 Å². The molecule has 0 aliphatic carbocycles. The molecule has 3 rings (SSSR count). The van der Waals surface area contributed by atoms with E-state index < -0.39 is 0 Å². The van der Waals surface area contributed by atoms with Gasteiger partial charge in [-0.3, -0.25) is 14.9 Å². The second-order valence-electron chi connectivity index (χ2n) is 7.29. The van der Waals surface area contributed by atoms with Gasteiger partial charge in [0.15, 0.2) is 0 Å². The summed E-state index contributed by atoms with van der Waals surface area (Å²) in [6.07, 6.45) is 2.44. The van der Waals surface area contributed by atoms with Gasteiger partial charge in [-0.15, -0.1) is 0 Å². The first-order valence-electron chi connectivity index (χ1n) is 9.93. The summed E-state index contributed by atoms with van der Waals surface area (Å²) in [6.45, 7) is 8.65. The number of esters is 1. The monoisotopic (exact) mass is 386 g/mol. The summed E-state index contributed by atoms with van der Waals surface area (Å²) in [5.74, 6) is -0.361. The number of carbonyl (C=O) groups excluding carboxylic acids is 1. The van der Waals surface area contributed by atoms with Crippen LogP contribution in [0, 0.1) is 6.92 Å². The standard InChI is InChI=1S/C21H30N4O3/c1-3-28-21(27)20-18(12-22-23-20)13-24-9-10-25(19(15-24)8-11-26)14-17-7-5-4-6-16(17)2/h4-7,12,19,26H,3,8-11,13-15H2,1-2H3,(H,22,23). The van der Waals surface area contributed by atoms with Crippen LogP contribution in [0.25, 0.3) is 0 Å². The molecular formula is C21H30N4O3. The minimum atomic E-state index is -0.361. The topological polar surface area (TPSA) is 81.7 Å². The van der Waals surface area contributed by atoms with Crippen molar-refractivity contribution in [3.05, 3.63) is 52.8 Å². The first kappa shape index (κ1) is 20.5. The van der Waals surface area contributed by atoms with E-state index in [-0.39, 0.29) is 18.6 Å². The van der Waals surface area contributed by atoms with Crippen molar-refractivity contribution in [1.29, 1.82) is 0 Å². The Morgan fingerprint density at radius 1 is 1.29 bits per heavy atom. The molecule has 1 unspecified atom stereocenters. The van der Waals surface area contributed by atoms with Gasteiger partial charge < -0.3 is 9.84 Å². The van der Waals surface area contributed by atoms with E-state index in [2.05, 4.69) is 51.2 Å². The van der Waals surface area contributed by atoms with Crippen molar-refractivity contribution >= 4 is 5.97 Å². The van der Waals surface area contributed by atoms with Gasteiger partial charge in [-0.25, -0.2) is 4.79 Å². The van der Waals surface area contributed by atoms with Gasteiger partial charge in [-0.05, 0) is 31.4 Å². The number of carbonyl (C=O) groups is 1. The highest BCUT2D eigenvalue weighted by Gasteiger charge is 2.28. The van der Waals surface area contributed by atoms with Gasteiger partial charge in [0.05, 0.1) is 12.8 Å². The number of H-pyrrole nitrogens is 1. The average molecular weight is 386 g/mol. The number of ether oxygens (including phenoxy) is 1. The Morgan fingerprint density at radius 2 is 2.11 bits per heavy atom. The zero-order valence-electron chi connectivity index (χ0n) is 16.7. The summed E-state index contributed by atoms with van der Waals surface area (Å²) >= 11 is 0. The van der Waals surface area contributed by atoms with E-state index in [0.717, 1.165) is 38.2 Å². The number of aromatic nitrogens is 2. The summed E-state index contributed by atoms with van der Waals surface area (Å²) in [5, 5.41) is 16.3. The van der Waals surface area contributed by atoms with Gasteiger partial charge in [0.2, 0.25) is 0 Å². The van der Waals surface area contributed by atoms with Gasteiger partial charge in [0, 0.05) is 50.9 Å². The number of aromatic amines is 1. The fourth-order valence-electron chi connectivity index (χ4n) is 3.79. The van der Waals surface area contributed by atoms with Crippen molar-refractivity contribution in [1.82, 2.24) is 20.0 Å². The van der Waals surface area contributed by atoms with Crippen LogP contribution in [0.2, 0.25) is 0 Å². The fraction of sp³-hybridized carbons (Fsp3) is 0.524. The van der Waals surface area contributed by atoms with Gasteiger partial charge >= 0.3 is 5.97 Å². The highest BCUT2D eigenvalue weighted by Crippen LogP contribution is 2.20. The molecular weight excluding hydrogens is 356 g/mol. The number of nitrogens with zero attached hydrogens (tertiary/aromatic N) is 3. The van der Waals surface area contributed by atoms with Crippen LogP contribution in [0.3, 0.4) is 0 Å². The molecule has 1 atom stereocenters. The first-order chi connectivity index (χ1) is 13.6. The summed E-state index contributed by atoms with van der Waals surface area (Å²) in [7, 11) is 0. The summed E-state index contributed by atoms with van der Waals surface area (Å²) in [4.78, 5) is 16.8. The lowest BCUT2D eigenvalue weighted by molar-refractivity contribution is 0.0474. The predicted molar refractivity (Wildman–Crippen MR) is 107 cm³/mol. The van der Waals surface area contributed by atoms with E-state index in [1.54, 1.807) is 13.1 Å². The molecule has 28 heavy (non-hydrogen) atoms. The Labute approximate surface area is 166 Å². The number of aryl methyl sites for hydroxylation is 1. The molecule has 1 aromatic heterocycles. The van der Waals surface area contributed by atoms with Gasteiger partial charge in [-0.1, -0.05) is 24.3 Å². The van der Waals surface area contributed by atoms with Gasteiger partial charge in [0.25, 0.3) is 0 Å². The molecule has 0 bridgehead atoms. The van der Waals surface area contributed by atoms with Crippen LogP contribution in [0.1, 0.15) is 40.5 Å². The quantitative estimate of drug-likeness (QED) is 0.675. The Kier molecular flexibility index (Phi) is 7.19. The van der Waals surface area contributed by atoms with Crippen LogP contribution in [-0.2, 0) is 17.8 Å². The summed E-state index contributed by atoms with van der Waals surface area (Å²) in [5.41, 5.74) is 3.92. The Morgan fingerprint density at radius 3 is 2.86 bits per heavy atom. The van der Waals surface area contributed by atoms with E-state index in [1.165, 1.54) is 11.1 Å². The highest BCUT2D eigenvalue weighted by molar-refractivity contribution is 5.88. The van der Waals surface area contributed by atoms with E-state index in [1.807, 2.05) is 0 Å². The highest BCUT2D eigenvalue weighted by atomic mass is 16.5. The molecule has 2 aromatic rings. The number of piperazine rings is 1. The molecule has 1 saturated heterocycles. The van der Waals surface area contributed by atoms with E-state index in [9.17, 15) is 9.90 Å². The number of hydrogen-bond acceptors (Lipinski definition) is 6. The molecule has 2 heterocycles. The maximum atomic E-state index is 12.1. The first-order valence-corrected chi connectivity index (χ1v) is 9.93. The minimum absolute atomic E-state index is 0.169. The van der Waals surface area contributed by atoms with Crippen molar-refractivity contribution in [3.8, 4) is 0 Å². The molecule has 1 aliphatic heterocycles. The number of aliphatic hydroxyl groups excluding tert-OH is 1. The summed E-state index contributed by atoms with van der Waals surface area (Å²) in [6, 6.07) is 8.73. The molecule has 0 amide bonds. The average Bonchev–Trinajstić information content (AvgIpc) is 3.14. The molecule has 2 N–H and O–H groups in total. The van der Waals surface area contributed by atoms with E-state index in [0.29, 0.717) is 18.8 Å². The Balaban J connectivity index is 1.65. The maximum Gasteiger partial charge on any atom is 0.356 e. The van der Waals surface area contributed by atoms with Crippen LogP contribution in [0.15, 0.2) is 30.5 Å². The van der Waals surface area contributed by atoms with Crippen LogP contribution in [0.4, 0.5) is 0 Å². The van der Waals surface area contributed by atoms with Crippen molar-refractivity contribution in [2.24, 2.45) is 0 Å². The lowest BCUT2D eigenvalue weighted by atomic mass is 10.0. The molecule has 7 heteroatoms. The third-order valence-corrected chi connectivity index (χ3v) is 5.38. The predicted octanol–water partition coefficient (Wildman–Crippen LogP) is 1.96. The van der Waals surface area contributed by atoms with Gasteiger partial charge in [0.1, 0.15) is 5.69 Å². The van der Waals surface area contributed by atoms with Crippen LogP contribution in [0.5, 0.6) is 0 Å². The maximum absolute atomic E-state index is 12.1. The Bertz CT molecular complexity index is 777. The third-order valence-electron chi connectivity index (χ3n) is 5.38. The molecule has 1 fully saturated rings. The number of nitrogens with one attached hydrogen (secondary N) is 1. The molecule has 0 spiro atoms. The second-order valence-corrected chi connectivity index (χ2v) is 7.29. The lowest BCUT2D eigenvalue weighted by Gasteiger charge is -2.41. The smallest absolute Gasteiger partial charge is 0.356 e. The lowest BCUT2D eigenvalue weighted by Crippen LogP contribution is -2.52. The van der Waals surface area contributed by atoms with Crippen LogP contribution in [-0.4, -0.2) is 70.0 Å². The molecule has 7 nitrogen and oxygen atoms in total. The van der Waals surface area contributed by atoms with Crippen LogP contribution < -0.4 is 0 Å². The summed E-state index contributed by atoms with van der Waals surface area (Å²) < 4.78 is 5.10. The molecule has 1 aliphatic rings. The number of rotatable bonds is 8. The third kappa shape index (κ3) is 4.98. The second kappa shape index (κ2) is 9.82. The minimum Gasteiger partial charge on any atom is -0.461 e. The zero-order chi connectivity index (χ0) is 19.9. The molecule has 1 aromatic carbocycles. The largest absolute Gasteiger partial charge is 0.461 e. The van der Waals surface area contributed by atoms with Crippen molar-refractivity contribution in [3.63, 3.8) is 0 Å². The molecule has 152 valence electrons. The number of benzene rings is 1. The SMILES string of the molecule is CCOC(=O)c1[nH]ncc1CN1CCN(Cc2ccccc2C)C(CCO)C1. The van der Waals surface area contributed by atoms with Crippen molar-refractivity contribution < 1.29 is 14.6 Å². The zero-order valence-corrected chi connectivity index (χ0v) is 16.7. The number of hydrogen-bond donors (Lipinski definition) is 2. The molecule has 0 radical (unpaired) electrons. The normalized spacial score (nSPS) is 18.3.